The lowest BCUT2D eigenvalue weighted by molar-refractivity contribution is 0.655. The topological polar surface area (TPSA) is 61.3 Å². The highest BCUT2D eigenvalue weighted by atomic mass is 35.5. The smallest absolute Gasteiger partial charge is 0.272 e. The molecule has 0 atom stereocenters. The minimum absolute atomic E-state index is 0.182. The van der Waals surface area contributed by atoms with E-state index in [1.54, 1.807) is 28.8 Å². The van der Waals surface area contributed by atoms with Crippen molar-refractivity contribution in [2.24, 2.45) is 0 Å². The normalized spacial score (nSPS) is 11.4. The molecule has 2 heterocycles. The third kappa shape index (κ3) is 3.35. The van der Waals surface area contributed by atoms with Gasteiger partial charge in [0.1, 0.15) is 0 Å². The number of para-hydroxylation sites is 1. The molecule has 0 aliphatic rings. The first kappa shape index (κ1) is 19.3. The summed E-state index contributed by atoms with van der Waals surface area (Å²) in [7, 11) is 0. The van der Waals surface area contributed by atoms with Gasteiger partial charge in [0.2, 0.25) is 5.78 Å². The van der Waals surface area contributed by atoms with Crippen molar-refractivity contribution in [2.45, 2.75) is 20.0 Å². The average Bonchev–Trinajstić information content (AvgIpc) is 3.10. The lowest BCUT2D eigenvalue weighted by atomic mass is 10.1. The molecule has 5 aromatic rings. The lowest BCUT2D eigenvalue weighted by Crippen LogP contribution is -2.27. The van der Waals surface area contributed by atoms with E-state index in [1.165, 1.54) is 9.08 Å². The molecule has 7 heteroatoms. The molecule has 0 aliphatic heterocycles. The summed E-state index contributed by atoms with van der Waals surface area (Å²) in [5.74, 6) is 0.307. The number of aromatic nitrogens is 4. The minimum Gasteiger partial charge on any atom is -0.272 e. The molecule has 0 amide bonds. The van der Waals surface area contributed by atoms with E-state index in [0.29, 0.717) is 28.2 Å². The fraction of sp³-hybridized carbons (Fsp3) is 0.125. The van der Waals surface area contributed by atoms with Crippen molar-refractivity contribution in [3.63, 3.8) is 0 Å². The van der Waals surface area contributed by atoms with Gasteiger partial charge in [-0.2, -0.15) is 0 Å². The SMILES string of the molecule is Cc1ccc(Cn2c(=O)c3ccccc3n3c(=O)n(Cc4ccccc4Cl)nc23)cc1. The molecule has 154 valence electrons. The van der Waals surface area contributed by atoms with E-state index in [2.05, 4.69) is 5.10 Å². The Morgan fingerprint density at radius 2 is 1.58 bits per heavy atom. The zero-order chi connectivity index (χ0) is 21.5. The Hall–Kier alpha value is -3.64. The van der Waals surface area contributed by atoms with Gasteiger partial charge in [-0.25, -0.2) is 13.9 Å². The predicted octanol–water partition coefficient (Wildman–Crippen LogP) is 3.87. The number of hydrogen-bond donors (Lipinski definition) is 0. The highest BCUT2D eigenvalue weighted by Crippen LogP contribution is 2.17. The van der Waals surface area contributed by atoms with Gasteiger partial charge in [0.25, 0.3) is 5.56 Å². The van der Waals surface area contributed by atoms with Crippen LogP contribution >= 0.6 is 11.6 Å². The Balaban J connectivity index is 1.76. The van der Waals surface area contributed by atoms with Gasteiger partial charge < -0.3 is 0 Å². The van der Waals surface area contributed by atoms with Crippen LogP contribution in [-0.4, -0.2) is 18.7 Å². The summed E-state index contributed by atoms with van der Waals surface area (Å²) in [6, 6.07) is 22.4. The van der Waals surface area contributed by atoms with E-state index in [0.717, 1.165) is 16.7 Å². The summed E-state index contributed by atoms with van der Waals surface area (Å²) in [5, 5.41) is 5.58. The summed E-state index contributed by atoms with van der Waals surface area (Å²) >= 11 is 6.29. The van der Waals surface area contributed by atoms with Crippen LogP contribution in [0.4, 0.5) is 0 Å². The van der Waals surface area contributed by atoms with E-state index in [-0.39, 0.29) is 17.8 Å². The number of rotatable bonds is 4. The van der Waals surface area contributed by atoms with E-state index >= 15 is 0 Å². The van der Waals surface area contributed by atoms with Crippen molar-refractivity contribution >= 4 is 28.3 Å². The maximum absolute atomic E-state index is 13.3. The van der Waals surface area contributed by atoms with Crippen molar-refractivity contribution in [3.05, 3.63) is 115 Å². The number of halogens is 1. The first-order valence-corrected chi connectivity index (χ1v) is 10.3. The van der Waals surface area contributed by atoms with Crippen LogP contribution in [0.25, 0.3) is 16.7 Å². The Morgan fingerprint density at radius 3 is 2.35 bits per heavy atom. The number of fused-ring (bicyclic) bond motifs is 3. The van der Waals surface area contributed by atoms with Crippen LogP contribution in [0, 0.1) is 6.92 Å². The van der Waals surface area contributed by atoms with E-state index in [9.17, 15) is 9.59 Å². The summed E-state index contributed by atoms with van der Waals surface area (Å²) in [4.78, 5) is 26.6. The van der Waals surface area contributed by atoms with E-state index in [1.807, 2.05) is 55.5 Å². The zero-order valence-corrected chi connectivity index (χ0v) is 17.6. The number of aryl methyl sites for hydroxylation is 1. The molecular formula is C24H19ClN4O2. The lowest BCUT2D eigenvalue weighted by Gasteiger charge is -2.10. The molecule has 0 unspecified atom stereocenters. The fourth-order valence-corrected chi connectivity index (χ4v) is 3.97. The number of benzene rings is 3. The molecular weight excluding hydrogens is 412 g/mol. The number of nitrogens with zero attached hydrogens (tertiary/aromatic N) is 4. The van der Waals surface area contributed by atoms with E-state index < -0.39 is 0 Å². The predicted molar refractivity (Wildman–Crippen MR) is 122 cm³/mol. The van der Waals surface area contributed by atoms with Crippen molar-refractivity contribution in [1.29, 1.82) is 0 Å². The maximum atomic E-state index is 13.3. The second kappa shape index (κ2) is 7.56. The van der Waals surface area contributed by atoms with Gasteiger partial charge in [-0.05, 0) is 36.2 Å². The Morgan fingerprint density at radius 1 is 0.871 bits per heavy atom. The van der Waals surface area contributed by atoms with Crippen LogP contribution in [0.1, 0.15) is 16.7 Å². The second-order valence-corrected chi connectivity index (χ2v) is 7.97. The van der Waals surface area contributed by atoms with E-state index in [4.69, 9.17) is 11.6 Å². The van der Waals surface area contributed by atoms with Gasteiger partial charge >= 0.3 is 5.69 Å². The van der Waals surface area contributed by atoms with Crippen LogP contribution < -0.4 is 11.2 Å². The molecule has 0 saturated carbocycles. The molecule has 0 bridgehead atoms. The first-order chi connectivity index (χ1) is 15.0. The second-order valence-electron chi connectivity index (χ2n) is 7.56. The molecule has 0 fully saturated rings. The molecule has 31 heavy (non-hydrogen) atoms. The van der Waals surface area contributed by atoms with Gasteiger partial charge in [0.05, 0.1) is 24.0 Å². The van der Waals surface area contributed by atoms with Crippen molar-refractivity contribution < 1.29 is 0 Å². The molecule has 0 aliphatic carbocycles. The quantitative estimate of drug-likeness (QED) is 0.435. The van der Waals surface area contributed by atoms with Gasteiger partial charge in [-0.1, -0.05) is 71.8 Å². The molecule has 0 radical (unpaired) electrons. The largest absolute Gasteiger partial charge is 0.352 e. The number of hydrogen-bond acceptors (Lipinski definition) is 3. The van der Waals surface area contributed by atoms with Gasteiger partial charge in [-0.15, -0.1) is 5.10 Å². The molecule has 6 nitrogen and oxygen atoms in total. The molecule has 0 saturated heterocycles. The third-order valence-corrected chi connectivity index (χ3v) is 5.79. The van der Waals surface area contributed by atoms with Crippen LogP contribution in [0.2, 0.25) is 5.02 Å². The summed E-state index contributed by atoms with van der Waals surface area (Å²) < 4.78 is 4.41. The summed E-state index contributed by atoms with van der Waals surface area (Å²) in [5.41, 5.74) is 2.92. The Bertz CT molecular complexity index is 1540. The highest BCUT2D eigenvalue weighted by Gasteiger charge is 2.18. The first-order valence-electron chi connectivity index (χ1n) is 9.93. The Kier molecular flexibility index (Phi) is 4.71. The van der Waals surface area contributed by atoms with Gasteiger partial charge in [0.15, 0.2) is 0 Å². The van der Waals surface area contributed by atoms with Crippen molar-refractivity contribution in [2.75, 3.05) is 0 Å². The highest BCUT2D eigenvalue weighted by molar-refractivity contribution is 6.31. The van der Waals surface area contributed by atoms with Gasteiger partial charge in [-0.3, -0.25) is 9.36 Å². The molecule has 2 aromatic heterocycles. The Labute approximate surface area is 182 Å². The average molecular weight is 431 g/mol. The molecule has 5 rings (SSSR count). The van der Waals surface area contributed by atoms with Crippen LogP contribution in [0.3, 0.4) is 0 Å². The zero-order valence-electron chi connectivity index (χ0n) is 16.8. The minimum atomic E-state index is -0.316. The standard InChI is InChI=1S/C24H19ClN4O2/c1-16-10-12-17(13-11-16)14-27-22(30)19-7-3-5-9-21(19)29-23(27)26-28(24(29)31)15-18-6-2-4-8-20(18)25/h2-13H,14-15H2,1H3. The fourth-order valence-electron chi connectivity index (χ4n) is 3.78. The van der Waals surface area contributed by atoms with Crippen LogP contribution in [-0.2, 0) is 13.1 Å². The maximum Gasteiger partial charge on any atom is 0.352 e. The molecule has 0 spiro atoms. The molecule has 3 aromatic carbocycles. The molecule has 0 N–H and O–H groups in total. The summed E-state index contributed by atoms with van der Waals surface area (Å²) in [6.45, 7) is 2.54. The van der Waals surface area contributed by atoms with Crippen molar-refractivity contribution in [3.8, 4) is 0 Å². The van der Waals surface area contributed by atoms with Gasteiger partial charge in [0, 0.05) is 5.02 Å². The third-order valence-electron chi connectivity index (χ3n) is 5.42. The van der Waals surface area contributed by atoms with Crippen LogP contribution in [0.15, 0.2) is 82.4 Å². The monoisotopic (exact) mass is 430 g/mol. The summed E-state index contributed by atoms with van der Waals surface area (Å²) in [6.07, 6.45) is 0. The van der Waals surface area contributed by atoms with Crippen LogP contribution in [0.5, 0.6) is 0 Å². The van der Waals surface area contributed by atoms with Crippen molar-refractivity contribution in [1.82, 2.24) is 18.7 Å².